The van der Waals surface area contributed by atoms with Gasteiger partial charge in [-0.2, -0.15) is 0 Å². The summed E-state index contributed by atoms with van der Waals surface area (Å²) in [5, 5.41) is 8.90. The van der Waals surface area contributed by atoms with Gasteiger partial charge in [0.2, 0.25) is 0 Å². The van der Waals surface area contributed by atoms with Gasteiger partial charge in [-0.3, -0.25) is 23.4 Å². The van der Waals surface area contributed by atoms with Gasteiger partial charge in [-0.05, 0) is 51.4 Å². The molecule has 0 aliphatic heterocycles. The highest BCUT2D eigenvalue weighted by molar-refractivity contribution is 7.47. The Balaban J connectivity index is 4.38. The van der Waals surface area contributed by atoms with Crippen LogP contribution in [0.15, 0.2) is 60.8 Å². The lowest BCUT2D eigenvalue weighted by Gasteiger charge is -2.20. The van der Waals surface area contributed by atoms with Crippen molar-refractivity contribution in [2.45, 2.75) is 206 Å². The van der Waals surface area contributed by atoms with E-state index in [4.69, 9.17) is 24.8 Å². The molecule has 11 nitrogen and oxygen atoms in total. The molecule has 12 heteroatoms. The summed E-state index contributed by atoms with van der Waals surface area (Å²) in [4.78, 5) is 46.0. The van der Waals surface area contributed by atoms with Gasteiger partial charge in [0.25, 0.3) is 0 Å². The number of hydrogen-bond donors (Lipinski definition) is 3. The van der Waals surface area contributed by atoms with Crippen LogP contribution in [0.5, 0.6) is 0 Å². The highest BCUT2D eigenvalue weighted by Crippen LogP contribution is 2.43. The molecule has 0 aromatic carbocycles. The number of phosphoric ester groups is 1. The third-order valence-corrected chi connectivity index (χ3v) is 10.7. The van der Waals surface area contributed by atoms with Crippen LogP contribution in [0.3, 0.4) is 0 Å². The topological polar surface area (TPSA) is 172 Å². The molecular formula is C48H84NO10P. The van der Waals surface area contributed by atoms with Crippen molar-refractivity contribution in [3.8, 4) is 0 Å². The number of phosphoric acid groups is 1. The minimum Gasteiger partial charge on any atom is -0.480 e. The first kappa shape index (κ1) is 57.2. The molecule has 0 spiro atoms. The van der Waals surface area contributed by atoms with Gasteiger partial charge in [0.1, 0.15) is 12.6 Å². The van der Waals surface area contributed by atoms with E-state index in [0.29, 0.717) is 19.3 Å². The van der Waals surface area contributed by atoms with Gasteiger partial charge in [0, 0.05) is 12.8 Å². The van der Waals surface area contributed by atoms with E-state index in [0.717, 1.165) is 51.4 Å². The molecule has 0 saturated carbocycles. The fourth-order valence-electron chi connectivity index (χ4n) is 6.16. The van der Waals surface area contributed by atoms with E-state index in [-0.39, 0.29) is 19.4 Å². The third kappa shape index (κ3) is 41.9. The molecule has 0 saturated heterocycles. The summed E-state index contributed by atoms with van der Waals surface area (Å²) in [6.45, 7) is 2.65. The predicted octanol–water partition coefficient (Wildman–Crippen LogP) is 12.7. The van der Waals surface area contributed by atoms with E-state index in [1.54, 1.807) is 0 Å². The molecule has 0 aromatic rings. The number of carbonyl (C=O) groups is 3. The Morgan fingerprint density at radius 1 is 0.533 bits per heavy atom. The number of carbonyl (C=O) groups excluding carboxylic acids is 2. The van der Waals surface area contributed by atoms with Crippen LogP contribution < -0.4 is 5.73 Å². The zero-order valence-corrected chi connectivity index (χ0v) is 38.4. The zero-order valence-electron chi connectivity index (χ0n) is 37.5. The van der Waals surface area contributed by atoms with Gasteiger partial charge >= 0.3 is 25.7 Å². The number of hydrogen-bond acceptors (Lipinski definition) is 9. The molecule has 1 unspecified atom stereocenters. The molecule has 0 fully saturated rings. The summed E-state index contributed by atoms with van der Waals surface area (Å²) in [5.74, 6) is -2.45. The quantitative estimate of drug-likeness (QED) is 0.0230. The number of unbranched alkanes of at least 4 members (excludes halogenated alkanes) is 19. The first-order valence-corrected chi connectivity index (χ1v) is 24.8. The summed E-state index contributed by atoms with van der Waals surface area (Å²) < 4.78 is 32.7. The molecule has 0 rings (SSSR count). The normalized spacial score (nSPS) is 14.2. The van der Waals surface area contributed by atoms with Crippen LogP contribution in [-0.2, 0) is 37.5 Å². The first-order chi connectivity index (χ1) is 29.1. The van der Waals surface area contributed by atoms with Crippen molar-refractivity contribution in [3.63, 3.8) is 0 Å². The van der Waals surface area contributed by atoms with E-state index in [2.05, 4.69) is 67.0 Å². The SMILES string of the molecule is CC/C=C\C/C=C\C/C=C\C/C=C\C/C=C\CCCC(=O)OC[C@H](COP(=O)(O)OC[C@H](N)C(=O)O)OC(=O)CCCCCCCCCCCCCCCCCCCCC. The second kappa shape index (κ2) is 42.9. The smallest absolute Gasteiger partial charge is 0.472 e. The van der Waals surface area contributed by atoms with Gasteiger partial charge in [-0.1, -0.05) is 190 Å². The molecule has 0 aromatic heterocycles. The maximum Gasteiger partial charge on any atom is 0.472 e. The number of esters is 2. The average molecular weight is 866 g/mol. The maximum absolute atomic E-state index is 12.7. The Morgan fingerprint density at radius 2 is 0.933 bits per heavy atom. The molecule has 0 aliphatic carbocycles. The number of aliphatic carboxylic acids is 1. The monoisotopic (exact) mass is 866 g/mol. The van der Waals surface area contributed by atoms with E-state index < -0.39 is 51.1 Å². The average Bonchev–Trinajstić information content (AvgIpc) is 3.22. The standard InChI is InChI=1S/C48H84NO10P/c1-3-5-7-9-11-13-15-17-19-21-22-24-26-28-30-32-34-36-38-40-47(51)59-44(42-57-60(54,55)58-43-45(49)48(52)53)41-56-46(50)39-37-35-33-31-29-27-25-23-20-18-16-14-12-10-8-6-4-2/h6,8,12,14,18,20,25,27,31,33,44-45H,3-5,7,9-11,13,15-17,19,21-24,26,28-30,32,34-43,49H2,1-2H3,(H,52,53)(H,54,55)/b8-6-,14-12-,20-18-,27-25-,33-31-/t44-,45+/m1/s1. The molecule has 0 aliphatic rings. The van der Waals surface area contributed by atoms with Crippen LogP contribution in [0.2, 0.25) is 0 Å². The first-order valence-electron chi connectivity index (χ1n) is 23.3. The summed E-state index contributed by atoms with van der Waals surface area (Å²) in [7, 11) is -4.73. The summed E-state index contributed by atoms with van der Waals surface area (Å²) in [6, 6.07) is -1.53. The van der Waals surface area contributed by atoms with E-state index in [9.17, 15) is 23.8 Å². The molecule has 0 amide bonds. The Morgan fingerprint density at radius 3 is 1.38 bits per heavy atom. The van der Waals surface area contributed by atoms with Crippen molar-refractivity contribution < 1.29 is 47.5 Å². The van der Waals surface area contributed by atoms with Crippen molar-refractivity contribution in [2.75, 3.05) is 19.8 Å². The summed E-state index contributed by atoms with van der Waals surface area (Å²) >= 11 is 0. The Labute approximate surface area is 364 Å². The lowest BCUT2D eigenvalue weighted by atomic mass is 10.0. The van der Waals surface area contributed by atoms with Gasteiger partial charge in [-0.25, -0.2) is 4.57 Å². The summed E-state index contributed by atoms with van der Waals surface area (Å²) in [6.07, 6.45) is 50.1. The van der Waals surface area contributed by atoms with Crippen LogP contribution in [0.1, 0.15) is 194 Å². The van der Waals surface area contributed by atoms with E-state index in [1.165, 1.54) is 96.3 Å². The van der Waals surface area contributed by atoms with E-state index >= 15 is 0 Å². The highest BCUT2D eigenvalue weighted by atomic mass is 31.2. The minimum atomic E-state index is -4.73. The number of carboxylic acid groups (broad SMARTS) is 1. The fraction of sp³-hybridized carbons (Fsp3) is 0.729. The van der Waals surface area contributed by atoms with E-state index in [1.807, 2.05) is 12.2 Å². The number of ether oxygens (including phenoxy) is 2. The highest BCUT2D eigenvalue weighted by Gasteiger charge is 2.28. The van der Waals surface area contributed by atoms with Crippen LogP contribution in [-0.4, -0.2) is 59.9 Å². The molecule has 346 valence electrons. The van der Waals surface area contributed by atoms with Gasteiger partial charge in [0.05, 0.1) is 13.2 Å². The van der Waals surface area contributed by atoms with Crippen LogP contribution in [0.25, 0.3) is 0 Å². The lowest BCUT2D eigenvalue weighted by Crippen LogP contribution is -2.34. The van der Waals surface area contributed by atoms with Crippen molar-refractivity contribution in [1.82, 2.24) is 0 Å². The largest absolute Gasteiger partial charge is 0.480 e. The molecule has 3 atom stereocenters. The second-order valence-corrected chi connectivity index (χ2v) is 17.0. The predicted molar refractivity (Wildman–Crippen MR) is 245 cm³/mol. The lowest BCUT2D eigenvalue weighted by molar-refractivity contribution is -0.161. The second-order valence-electron chi connectivity index (χ2n) is 15.5. The van der Waals surface area contributed by atoms with Crippen LogP contribution in [0.4, 0.5) is 0 Å². The van der Waals surface area contributed by atoms with Crippen molar-refractivity contribution in [1.29, 1.82) is 0 Å². The fourth-order valence-corrected chi connectivity index (χ4v) is 6.94. The Bertz CT molecular complexity index is 1250. The molecule has 4 N–H and O–H groups in total. The minimum absolute atomic E-state index is 0.143. The molecular weight excluding hydrogens is 781 g/mol. The molecule has 0 radical (unpaired) electrons. The molecule has 0 heterocycles. The third-order valence-electron chi connectivity index (χ3n) is 9.78. The maximum atomic E-state index is 12.7. The van der Waals surface area contributed by atoms with Crippen LogP contribution >= 0.6 is 7.82 Å². The van der Waals surface area contributed by atoms with Crippen molar-refractivity contribution in [3.05, 3.63) is 60.8 Å². The molecule has 0 bridgehead atoms. The van der Waals surface area contributed by atoms with Crippen LogP contribution in [0, 0.1) is 0 Å². The Kier molecular flexibility index (Phi) is 40.8. The molecule has 60 heavy (non-hydrogen) atoms. The van der Waals surface area contributed by atoms with Gasteiger partial charge < -0.3 is 25.2 Å². The number of carboxylic acids is 1. The van der Waals surface area contributed by atoms with Crippen molar-refractivity contribution >= 4 is 25.7 Å². The Hall–Kier alpha value is -2.82. The number of allylic oxidation sites excluding steroid dienone is 10. The van der Waals surface area contributed by atoms with Gasteiger partial charge in [0.15, 0.2) is 6.10 Å². The zero-order chi connectivity index (χ0) is 44.2. The number of nitrogens with two attached hydrogens (primary N) is 1. The van der Waals surface area contributed by atoms with Crippen molar-refractivity contribution in [2.24, 2.45) is 5.73 Å². The number of rotatable bonds is 43. The summed E-state index contributed by atoms with van der Waals surface area (Å²) in [5.41, 5.74) is 5.34. The van der Waals surface area contributed by atoms with Gasteiger partial charge in [-0.15, -0.1) is 0 Å².